The van der Waals surface area contributed by atoms with E-state index < -0.39 is 0 Å². The molecular formula is C11H7N2S. The molecule has 1 aromatic carbocycles. The molecule has 0 amide bonds. The van der Waals surface area contributed by atoms with E-state index in [0.29, 0.717) is 0 Å². The van der Waals surface area contributed by atoms with Crippen molar-refractivity contribution in [2.24, 2.45) is 0 Å². The predicted octanol–water partition coefficient (Wildman–Crippen LogP) is 3.09. The number of aromatic nitrogens is 2. The normalized spacial score (nSPS) is 10.9. The van der Waals surface area contributed by atoms with Crippen LogP contribution in [-0.2, 0) is 0 Å². The van der Waals surface area contributed by atoms with Crippen molar-refractivity contribution in [3.8, 4) is 10.4 Å². The number of rotatable bonds is 1. The fourth-order valence-electron chi connectivity index (χ4n) is 1.54. The summed E-state index contributed by atoms with van der Waals surface area (Å²) < 4.78 is 0. The third kappa shape index (κ3) is 1.06. The average Bonchev–Trinajstić information content (AvgIpc) is 2.88. The van der Waals surface area contributed by atoms with E-state index in [-0.39, 0.29) is 0 Å². The highest BCUT2D eigenvalue weighted by Gasteiger charge is 2.05. The number of H-pyrrole nitrogens is 1. The maximum absolute atomic E-state index is 4.20. The van der Waals surface area contributed by atoms with Gasteiger partial charge in [-0.2, -0.15) is 0 Å². The fraction of sp³-hybridized carbons (Fsp3) is 0. The summed E-state index contributed by atoms with van der Waals surface area (Å²) in [5, 5.41) is 2.07. The second kappa shape index (κ2) is 2.96. The van der Waals surface area contributed by atoms with Crippen LogP contribution >= 0.6 is 11.3 Å². The van der Waals surface area contributed by atoms with Gasteiger partial charge in [-0.1, -0.05) is 18.2 Å². The van der Waals surface area contributed by atoms with Gasteiger partial charge in [0.05, 0.1) is 11.0 Å². The number of fused-ring (bicyclic) bond motifs is 1. The lowest BCUT2D eigenvalue weighted by atomic mass is 10.1. The van der Waals surface area contributed by atoms with Gasteiger partial charge in [-0.15, -0.1) is 11.3 Å². The topological polar surface area (TPSA) is 28.7 Å². The number of aromatic amines is 1. The molecule has 0 spiro atoms. The maximum Gasteiger partial charge on any atom is 0.174 e. The van der Waals surface area contributed by atoms with Crippen molar-refractivity contribution in [3.05, 3.63) is 42.0 Å². The highest BCUT2D eigenvalue weighted by molar-refractivity contribution is 7.13. The summed E-state index contributed by atoms with van der Waals surface area (Å²) in [5.74, 6) is 0. The van der Waals surface area contributed by atoms with Gasteiger partial charge in [0.25, 0.3) is 0 Å². The summed E-state index contributed by atoms with van der Waals surface area (Å²) in [6.07, 6.45) is 2.77. The van der Waals surface area contributed by atoms with Crippen molar-refractivity contribution < 1.29 is 0 Å². The van der Waals surface area contributed by atoms with Crippen LogP contribution in [0.4, 0.5) is 0 Å². The van der Waals surface area contributed by atoms with Crippen LogP contribution in [0.25, 0.3) is 21.5 Å². The minimum Gasteiger partial charge on any atom is -0.335 e. The van der Waals surface area contributed by atoms with Crippen molar-refractivity contribution in [3.63, 3.8) is 0 Å². The highest BCUT2D eigenvalue weighted by Crippen LogP contribution is 2.29. The molecule has 0 bridgehead atoms. The fourth-order valence-corrected chi connectivity index (χ4v) is 2.29. The van der Waals surface area contributed by atoms with E-state index in [2.05, 4.69) is 39.9 Å². The molecule has 0 fully saturated rings. The van der Waals surface area contributed by atoms with E-state index in [1.807, 2.05) is 12.1 Å². The molecule has 0 aliphatic rings. The number of thiophene rings is 1. The van der Waals surface area contributed by atoms with E-state index >= 15 is 0 Å². The number of hydrogen-bond donors (Lipinski definition) is 1. The van der Waals surface area contributed by atoms with Crippen LogP contribution in [0.15, 0.2) is 35.7 Å². The summed E-state index contributed by atoms with van der Waals surface area (Å²) in [7, 11) is 0. The lowest BCUT2D eigenvalue weighted by Crippen LogP contribution is -1.75. The molecule has 0 aliphatic carbocycles. The van der Waals surface area contributed by atoms with Crippen LogP contribution < -0.4 is 0 Å². The second-order valence-corrected chi connectivity index (χ2v) is 3.98. The Labute approximate surface area is 85.2 Å². The number of benzene rings is 1. The SMILES string of the molecule is [c]1nc2c(-c3cccs3)cccc2[nH]1. The van der Waals surface area contributed by atoms with E-state index in [9.17, 15) is 0 Å². The molecule has 2 aromatic heterocycles. The maximum atomic E-state index is 4.20. The third-order valence-corrected chi connectivity index (χ3v) is 3.08. The molecule has 3 heteroatoms. The Kier molecular flexibility index (Phi) is 1.64. The Morgan fingerprint density at radius 2 is 2.21 bits per heavy atom. The van der Waals surface area contributed by atoms with E-state index in [0.717, 1.165) is 11.0 Å². The molecule has 2 nitrogen and oxygen atoms in total. The standard InChI is InChI=1S/C11H7N2S/c1-3-8(10-5-2-6-14-10)11-9(4-1)12-7-13-11/h1-6H,(H,12,13). The van der Waals surface area contributed by atoms with Crippen LogP contribution in [0.5, 0.6) is 0 Å². The van der Waals surface area contributed by atoms with Crippen LogP contribution in [0.2, 0.25) is 0 Å². The molecule has 2 heterocycles. The summed E-state index contributed by atoms with van der Waals surface area (Å²) in [6, 6.07) is 10.3. The molecule has 67 valence electrons. The number of nitrogens with one attached hydrogen (secondary N) is 1. The average molecular weight is 199 g/mol. The molecule has 14 heavy (non-hydrogen) atoms. The van der Waals surface area contributed by atoms with Gasteiger partial charge in [-0.05, 0) is 17.5 Å². The largest absolute Gasteiger partial charge is 0.335 e. The minimum absolute atomic E-state index is 0.995. The van der Waals surface area contributed by atoms with Crippen molar-refractivity contribution in [2.45, 2.75) is 0 Å². The molecule has 0 aliphatic heterocycles. The zero-order chi connectivity index (χ0) is 9.38. The van der Waals surface area contributed by atoms with Gasteiger partial charge in [0.15, 0.2) is 6.33 Å². The summed E-state index contributed by atoms with van der Waals surface area (Å²) in [6.45, 7) is 0. The van der Waals surface area contributed by atoms with Crippen LogP contribution in [0.3, 0.4) is 0 Å². The first-order valence-electron chi connectivity index (χ1n) is 4.34. The zero-order valence-corrected chi connectivity index (χ0v) is 8.14. The Hall–Kier alpha value is -1.61. The smallest absolute Gasteiger partial charge is 0.174 e. The molecule has 0 saturated carbocycles. The van der Waals surface area contributed by atoms with Gasteiger partial charge in [0.1, 0.15) is 0 Å². The molecule has 0 atom stereocenters. The van der Waals surface area contributed by atoms with Crippen LogP contribution in [-0.4, -0.2) is 9.97 Å². The van der Waals surface area contributed by atoms with Crippen molar-refractivity contribution >= 4 is 22.4 Å². The quantitative estimate of drug-likeness (QED) is 0.641. The lowest BCUT2D eigenvalue weighted by molar-refractivity contribution is 1.32. The first-order valence-corrected chi connectivity index (χ1v) is 5.22. The lowest BCUT2D eigenvalue weighted by Gasteiger charge is -1.97. The van der Waals surface area contributed by atoms with Gasteiger partial charge in [-0.3, -0.25) is 0 Å². The molecule has 0 saturated heterocycles. The van der Waals surface area contributed by atoms with Gasteiger partial charge in [0, 0.05) is 10.4 Å². The summed E-state index contributed by atoms with van der Waals surface area (Å²) >= 11 is 1.73. The first kappa shape index (κ1) is 7.76. The van der Waals surface area contributed by atoms with Gasteiger partial charge < -0.3 is 4.98 Å². The Morgan fingerprint density at radius 1 is 1.21 bits per heavy atom. The van der Waals surface area contributed by atoms with E-state index in [4.69, 9.17) is 0 Å². The molecular weight excluding hydrogens is 192 g/mol. The first-order chi connectivity index (χ1) is 6.95. The number of hydrogen-bond acceptors (Lipinski definition) is 2. The molecule has 3 aromatic rings. The zero-order valence-electron chi connectivity index (χ0n) is 7.32. The summed E-state index contributed by atoms with van der Waals surface area (Å²) in [4.78, 5) is 8.44. The molecule has 0 unspecified atom stereocenters. The Morgan fingerprint density at radius 3 is 3.07 bits per heavy atom. The number of imidazole rings is 1. The van der Waals surface area contributed by atoms with E-state index in [1.165, 1.54) is 10.4 Å². The molecule has 3 rings (SSSR count). The predicted molar refractivity (Wildman–Crippen MR) is 58.2 cm³/mol. The van der Waals surface area contributed by atoms with Crippen molar-refractivity contribution in [1.29, 1.82) is 0 Å². The van der Waals surface area contributed by atoms with Gasteiger partial charge in [-0.25, -0.2) is 4.98 Å². The van der Waals surface area contributed by atoms with Crippen LogP contribution in [0.1, 0.15) is 0 Å². The third-order valence-electron chi connectivity index (χ3n) is 2.18. The second-order valence-electron chi connectivity index (χ2n) is 3.03. The molecule has 1 radical (unpaired) electrons. The Balaban J connectivity index is 2.36. The molecule has 1 N–H and O–H groups in total. The number of para-hydroxylation sites is 1. The number of nitrogens with zero attached hydrogens (tertiary/aromatic N) is 1. The van der Waals surface area contributed by atoms with E-state index in [1.54, 1.807) is 11.3 Å². The highest BCUT2D eigenvalue weighted by atomic mass is 32.1. The monoisotopic (exact) mass is 199 g/mol. The van der Waals surface area contributed by atoms with Crippen molar-refractivity contribution in [2.75, 3.05) is 0 Å². The Bertz CT molecular complexity index is 551. The summed E-state index contributed by atoms with van der Waals surface area (Å²) in [5.41, 5.74) is 3.21. The van der Waals surface area contributed by atoms with Gasteiger partial charge >= 0.3 is 0 Å². The minimum atomic E-state index is 0.995. The van der Waals surface area contributed by atoms with Gasteiger partial charge in [0.2, 0.25) is 0 Å². The van der Waals surface area contributed by atoms with Crippen LogP contribution in [0, 0.1) is 6.33 Å². The van der Waals surface area contributed by atoms with Crippen molar-refractivity contribution in [1.82, 2.24) is 9.97 Å².